The molecule has 0 spiro atoms. The van der Waals surface area contributed by atoms with Crippen molar-refractivity contribution < 1.29 is 24.2 Å². The molecule has 7 heteroatoms. The molecule has 39 heavy (non-hydrogen) atoms. The van der Waals surface area contributed by atoms with Gasteiger partial charge in [-0.3, -0.25) is 9.59 Å². The van der Waals surface area contributed by atoms with Gasteiger partial charge in [0.15, 0.2) is 0 Å². The maximum Gasteiger partial charge on any atom is 0.223 e. The van der Waals surface area contributed by atoms with Crippen molar-refractivity contribution in [3.05, 3.63) is 65.7 Å². The monoisotopic (exact) mass is 538 g/mol. The highest BCUT2D eigenvalue weighted by Gasteiger charge is 2.28. The van der Waals surface area contributed by atoms with Gasteiger partial charge >= 0.3 is 0 Å². The zero-order chi connectivity index (χ0) is 28.0. The lowest BCUT2D eigenvalue weighted by molar-refractivity contribution is -0.129. The van der Waals surface area contributed by atoms with E-state index in [1.165, 1.54) is 0 Å². The average Bonchev–Trinajstić information content (AvgIpc) is 2.93. The van der Waals surface area contributed by atoms with Gasteiger partial charge in [-0.05, 0) is 69.1 Å². The van der Waals surface area contributed by atoms with Crippen LogP contribution in [0.2, 0.25) is 0 Å². The summed E-state index contributed by atoms with van der Waals surface area (Å²) in [7, 11) is 0. The molecule has 2 amide bonds. The van der Waals surface area contributed by atoms with Crippen LogP contribution in [-0.4, -0.2) is 54.9 Å². The van der Waals surface area contributed by atoms with Gasteiger partial charge in [0.05, 0.1) is 25.2 Å². The Hall–Kier alpha value is -2.90. The van der Waals surface area contributed by atoms with Crippen LogP contribution in [0, 0.1) is 18.8 Å². The SMILES string of the molecule is Cc1ccc(OCCC(=O)N[C@@H](Cc2ccccc2)[C@@H](O)C[C@H](CCC(C)C)NC(=O)C2CCOCC2)cc1. The van der Waals surface area contributed by atoms with Crippen LogP contribution in [0.4, 0.5) is 0 Å². The fourth-order valence-corrected chi connectivity index (χ4v) is 4.84. The number of hydrogen-bond acceptors (Lipinski definition) is 5. The van der Waals surface area contributed by atoms with Crippen LogP contribution in [-0.2, 0) is 20.7 Å². The molecule has 2 aromatic carbocycles. The Morgan fingerprint density at radius 1 is 1.00 bits per heavy atom. The van der Waals surface area contributed by atoms with Crippen LogP contribution in [0.25, 0.3) is 0 Å². The second kappa shape index (κ2) is 16.3. The summed E-state index contributed by atoms with van der Waals surface area (Å²) in [4.78, 5) is 25.9. The molecular formula is C32H46N2O5. The first-order chi connectivity index (χ1) is 18.8. The quantitative estimate of drug-likeness (QED) is 0.308. The normalized spacial score (nSPS) is 16.3. The number of aliphatic hydroxyl groups is 1. The molecular weight excluding hydrogens is 492 g/mol. The number of aryl methyl sites for hydroxylation is 1. The van der Waals surface area contributed by atoms with Crippen LogP contribution < -0.4 is 15.4 Å². The Morgan fingerprint density at radius 2 is 1.69 bits per heavy atom. The third kappa shape index (κ3) is 11.4. The molecule has 3 N–H and O–H groups in total. The van der Waals surface area contributed by atoms with Gasteiger partial charge in [-0.25, -0.2) is 0 Å². The molecule has 0 aliphatic carbocycles. The fraction of sp³-hybridized carbons (Fsp3) is 0.562. The molecule has 2 aromatic rings. The van der Waals surface area contributed by atoms with E-state index in [0.717, 1.165) is 42.6 Å². The summed E-state index contributed by atoms with van der Waals surface area (Å²) >= 11 is 0. The average molecular weight is 539 g/mol. The van der Waals surface area contributed by atoms with E-state index in [4.69, 9.17) is 9.47 Å². The summed E-state index contributed by atoms with van der Waals surface area (Å²) in [5, 5.41) is 17.7. The zero-order valence-corrected chi connectivity index (χ0v) is 23.7. The number of carbonyl (C=O) groups excluding carboxylic acids is 2. The van der Waals surface area contributed by atoms with Gasteiger partial charge in [0.1, 0.15) is 5.75 Å². The third-order valence-electron chi connectivity index (χ3n) is 7.29. The van der Waals surface area contributed by atoms with E-state index in [-0.39, 0.29) is 36.8 Å². The summed E-state index contributed by atoms with van der Waals surface area (Å²) in [6.07, 6.45) is 3.40. The van der Waals surface area contributed by atoms with Crippen LogP contribution in [0.3, 0.4) is 0 Å². The number of benzene rings is 2. The second-order valence-corrected chi connectivity index (χ2v) is 11.1. The predicted molar refractivity (Wildman–Crippen MR) is 154 cm³/mol. The number of nitrogens with one attached hydrogen (secondary N) is 2. The van der Waals surface area contributed by atoms with E-state index in [9.17, 15) is 14.7 Å². The van der Waals surface area contributed by atoms with Crippen LogP contribution in [0.5, 0.6) is 5.75 Å². The Morgan fingerprint density at radius 3 is 2.36 bits per heavy atom. The third-order valence-corrected chi connectivity index (χ3v) is 7.29. The Balaban J connectivity index is 1.62. The van der Waals surface area contributed by atoms with Crippen molar-refractivity contribution in [2.24, 2.45) is 11.8 Å². The standard InChI is InChI=1S/C32H46N2O5/c1-23(2)9-12-27(33-32(37)26-15-18-38-19-16-26)22-30(35)29(21-25-7-5-4-6-8-25)34-31(36)17-20-39-28-13-10-24(3)11-14-28/h4-8,10-11,13-14,23,26-27,29-30,35H,9,12,15-22H2,1-3H3,(H,33,37)(H,34,36)/t27-,29-,30-/m0/s1. The first kappa shape index (κ1) is 30.6. The molecule has 214 valence electrons. The molecule has 1 fully saturated rings. The summed E-state index contributed by atoms with van der Waals surface area (Å²) in [6.45, 7) is 7.79. The van der Waals surface area contributed by atoms with E-state index in [0.29, 0.717) is 32.0 Å². The van der Waals surface area contributed by atoms with Crippen molar-refractivity contribution in [3.8, 4) is 5.75 Å². The molecule has 0 unspecified atom stereocenters. The van der Waals surface area contributed by atoms with Gasteiger partial charge in [-0.15, -0.1) is 0 Å². The van der Waals surface area contributed by atoms with Gasteiger partial charge < -0.3 is 25.2 Å². The van der Waals surface area contributed by atoms with E-state index in [2.05, 4.69) is 24.5 Å². The largest absolute Gasteiger partial charge is 0.493 e. The first-order valence-electron chi connectivity index (χ1n) is 14.4. The summed E-state index contributed by atoms with van der Waals surface area (Å²) in [5.41, 5.74) is 2.18. The molecule has 1 aliphatic rings. The van der Waals surface area contributed by atoms with Gasteiger partial charge in [0.25, 0.3) is 0 Å². The summed E-state index contributed by atoms with van der Waals surface area (Å²) in [5.74, 6) is 1.02. The summed E-state index contributed by atoms with van der Waals surface area (Å²) in [6, 6.07) is 16.9. The fourth-order valence-electron chi connectivity index (χ4n) is 4.84. The topological polar surface area (TPSA) is 96.9 Å². The molecule has 0 radical (unpaired) electrons. The van der Waals surface area contributed by atoms with Crippen molar-refractivity contribution in [2.75, 3.05) is 19.8 Å². The highest BCUT2D eigenvalue weighted by molar-refractivity contribution is 5.79. The highest BCUT2D eigenvalue weighted by Crippen LogP contribution is 2.19. The number of amides is 2. The number of rotatable bonds is 15. The molecule has 0 saturated carbocycles. The minimum absolute atomic E-state index is 0.0381. The number of carbonyl (C=O) groups is 2. The molecule has 1 heterocycles. The van der Waals surface area contributed by atoms with Crippen molar-refractivity contribution in [3.63, 3.8) is 0 Å². The smallest absolute Gasteiger partial charge is 0.223 e. The predicted octanol–water partition coefficient (Wildman–Crippen LogP) is 4.59. The van der Waals surface area contributed by atoms with Crippen LogP contribution in [0.15, 0.2) is 54.6 Å². The summed E-state index contributed by atoms with van der Waals surface area (Å²) < 4.78 is 11.1. The van der Waals surface area contributed by atoms with Crippen LogP contribution in [0.1, 0.15) is 63.5 Å². The molecule has 7 nitrogen and oxygen atoms in total. The van der Waals surface area contributed by atoms with Crippen LogP contribution >= 0.6 is 0 Å². The van der Waals surface area contributed by atoms with Crippen molar-refractivity contribution in [2.45, 2.75) is 83.9 Å². The Kier molecular flexibility index (Phi) is 12.8. The van der Waals surface area contributed by atoms with E-state index in [1.54, 1.807) is 0 Å². The second-order valence-electron chi connectivity index (χ2n) is 11.1. The van der Waals surface area contributed by atoms with Gasteiger partial charge in [0.2, 0.25) is 11.8 Å². The molecule has 0 bridgehead atoms. The Labute approximate surface area is 233 Å². The molecule has 3 atom stereocenters. The lowest BCUT2D eigenvalue weighted by atomic mass is 9.92. The van der Waals surface area contributed by atoms with Crippen molar-refractivity contribution in [1.82, 2.24) is 10.6 Å². The molecule has 1 saturated heterocycles. The molecule has 3 rings (SSSR count). The maximum absolute atomic E-state index is 13.0. The minimum Gasteiger partial charge on any atom is -0.493 e. The van der Waals surface area contributed by atoms with E-state index in [1.807, 2.05) is 61.5 Å². The maximum atomic E-state index is 13.0. The van der Waals surface area contributed by atoms with Gasteiger partial charge in [-0.2, -0.15) is 0 Å². The van der Waals surface area contributed by atoms with Gasteiger partial charge in [-0.1, -0.05) is 61.9 Å². The number of hydrogen-bond donors (Lipinski definition) is 3. The minimum atomic E-state index is -0.820. The zero-order valence-electron chi connectivity index (χ0n) is 23.7. The molecule has 1 aliphatic heterocycles. The number of aliphatic hydroxyl groups excluding tert-OH is 1. The van der Waals surface area contributed by atoms with Crippen molar-refractivity contribution in [1.29, 1.82) is 0 Å². The first-order valence-corrected chi connectivity index (χ1v) is 14.4. The van der Waals surface area contributed by atoms with E-state index >= 15 is 0 Å². The van der Waals surface area contributed by atoms with Gasteiger partial charge in [0, 0.05) is 25.2 Å². The van der Waals surface area contributed by atoms with Crippen molar-refractivity contribution >= 4 is 11.8 Å². The molecule has 0 aromatic heterocycles. The van der Waals surface area contributed by atoms with E-state index < -0.39 is 12.1 Å². The Bertz CT molecular complexity index is 989. The lowest BCUT2D eigenvalue weighted by Crippen LogP contribution is -2.49. The number of ether oxygens (including phenoxy) is 2. The highest BCUT2D eigenvalue weighted by atomic mass is 16.5. The lowest BCUT2D eigenvalue weighted by Gasteiger charge is -2.30.